The highest BCUT2D eigenvalue weighted by Crippen LogP contribution is 2.34. The Bertz CT molecular complexity index is 3020. The molecule has 0 aliphatic heterocycles. The summed E-state index contributed by atoms with van der Waals surface area (Å²) in [7, 11) is 0. The number of hydrogen-bond donors (Lipinski definition) is 0. The Morgan fingerprint density at radius 2 is 0.433 bits per heavy atom. The fourth-order valence-electron chi connectivity index (χ4n) is 7.46. The number of rotatable bonds is 9. The molecule has 0 aliphatic carbocycles. The highest BCUT2D eigenvalue weighted by atomic mass is 15.0. The van der Waals surface area contributed by atoms with Gasteiger partial charge in [0.25, 0.3) is 0 Å². The monoisotopic (exact) mass is 767 g/mol. The molecule has 0 saturated heterocycles. The number of benzene rings is 8. The van der Waals surface area contributed by atoms with Crippen LogP contribution in [0.25, 0.3) is 101 Å². The number of nitrogens with zero attached hydrogens (tertiary/aromatic N) is 5. The minimum absolute atomic E-state index is 0.614. The Morgan fingerprint density at radius 1 is 0.167 bits per heavy atom. The van der Waals surface area contributed by atoms with Crippen LogP contribution in [0.1, 0.15) is 0 Å². The lowest BCUT2D eigenvalue weighted by atomic mass is 9.97. The number of aromatic nitrogens is 5. The van der Waals surface area contributed by atoms with Crippen LogP contribution in [0.2, 0.25) is 0 Å². The zero-order valence-corrected chi connectivity index (χ0v) is 32.6. The van der Waals surface area contributed by atoms with Crippen molar-refractivity contribution in [3.63, 3.8) is 0 Å². The minimum atomic E-state index is 0.614. The van der Waals surface area contributed by atoms with Crippen molar-refractivity contribution in [2.45, 2.75) is 0 Å². The van der Waals surface area contributed by atoms with Crippen LogP contribution in [0.3, 0.4) is 0 Å². The normalized spacial score (nSPS) is 11.0. The van der Waals surface area contributed by atoms with Gasteiger partial charge in [0.2, 0.25) is 0 Å². The molecule has 5 nitrogen and oxygen atoms in total. The predicted octanol–water partition coefficient (Wildman–Crippen LogP) is 13.7. The van der Waals surface area contributed by atoms with Crippen LogP contribution < -0.4 is 0 Å². The molecule has 0 aliphatic rings. The summed E-state index contributed by atoms with van der Waals surface area (Å²) in [5.74, 6) is 2.54. The van der Waals surface area contributed by atoms with Gasteiger partial charge in [0, 0.05) is 33.4 Å². The van der Waals surface area contributed by atoms with E-state index in [1.165, 1.54) is 11.1 Å². The lowest BCUT2D eigenvalue weighted by Crippen LogP contribution is -2.00. The lowest BCUT2D eigenvalue weighted by Gasteiger charge is -2.12. The van der Waals surface area contributed by atoms with E-state index in [0.717, 1.165) is 67.0 Å². The molecule has 60 heavy (non-hydrogen) atoms. The first-order chi connectivity index (χ1) is 29.7. The van der Waals surface area contributed by atoms with Crippen molar-refractivity contribution >= 4 is 0 Å². The molecule has 0 atom stereocenters. The molecule has 0 spiro atoms. The van der Waals surface area contributed by atoms with Gasteiger partial charge in [-0.15, -0.1) is 0 Å². The molecule has 10 aromatic rings. The largest absolute Gasteiger partial charge is 0.228 e. The van der Waals surface area contributed by atoms with E-state index in [0.29, 0.717) is 23.3 Å². The first-order valence-corrected chi connectivity index (χ1v) is 20.0. The summed E-state index contributed by atoms with van der Waals surface area (Å²) in [5, 5.41) is 0. The van der Waals surface area contributed by atoms with Crippen molar-refractivity contribution in [2.75, 3.05) is 0 Å². The van der Waals surface area contributed by atoms with Crippen molar-refractivity contribution in [2.24, 2.45) is 0 Å². The van der Waals surface area contributed by atoms with E-state index in [2.05, 4.69) is 140 Å². The summed E-state index contributed by atoms with van der Waals surface area (Å²) >= 11 is 0. The van der Waals surface area contributed by atoms with Crippen LogP contribution in [0, 0.1) is 0 Å². The van der Waals surface area contributed by atoms with E-state index in [-0.39, 0.29) is 0 Å². The average Bonchev–Trinajstić information content (AvgIpc) is 3.35. The van der Waals surface area contributed by atoms with Crippen LogP contribution in [-0.4, -0.2) is 24.9 Å². The minimum Gasteiger partial charge on any atom is -0.228 e. The second kappa shape index (κ2) is 16.4. The van der Waals surface area contributed by atoms with Crippen LogP contribution in [-0.2, 0) is 0 Å². The molecule has 0 amide bonds. The molecule has 0 bridgehead atoms. The zero-order chi connectivity index (χ0) is 40.1. The molecule has 0 fully saturated rings. The van der Waals surface area contributed by atoms with Crippen molar-refractivity contribution in [1.82, 2.24) is 24.9 Å². The first-order valence-electron chi connectivity index (χ1n) is 20.0. The second-order valence-electron chi connectivity index (χ2n) is 14.6. The van der Waals surface area contributed by atoms with Gasteiger partial charge in [-0.3, -0.25) is 0 Å². The molecule has 5 heteroatoms. The standard InChI is InChI=1S/C55H37N5/c1-5-17-38(18-6-1)42-25-13-26-43(33-42)45-28-15-31-48(35-45)54-56-50(39-19-7-2-8-20-39)37-51(57-54)47-30-14-27-44(34-47)46-29-16-32-49(36-46)55-59-52(40-21-9-3-10-22-40)58-53(60-55)41-23-11-4-12-24-41/h1-37H. The van der Waals surface area contributed by atoms with E-state index < -0.39 is 0 Å². The molecule has 0 N–H and O–H groups in total. The molecule has 282 valence electrons. The predicted molar refractivity (Wildman–Crippen MR) is 244 cm³/mol. The summed E-state index contributed by atoms with van der Waals surface area (Å²) in [6.45, 7) is 0. The highest BCUT2D eigenvalue weighted by Gasteiger charge is 2.15. The Morgan fingerprint density at radius 3 is 0.883 bits per heavy atom. The smallest absolute Gasteiger partial charge is 0.164 e. The summed E-state index contributed by atoms with van der Waals surface area (Å²) in [4.78, 5) is 25.2. The van der Waals surface area contributed by atoms with Crippen LogP contribution in [0.5, 0.6) is 0 Å². The topological polar surface area (TPSA) is 64.5 Å². The maximum atomic E-state index is 5.24. The molecule has 2 aromatic heterocycles. The lowest BCUT2D eigenvalue weighted by molar-refractivity contribution is 1.07. The quantitative estimate of drug-likeness (QED) is 0.146. The first kappa shape index (κ1) is 36.2. The van der Waals surface area contributed by atoms with Crippen LogP contribution >= 0.6 is 0 Å². The van der Waals surface area contributed by atoms with Gasteiger partial charge in [-0.1, -0.05) is 194 Å². The highest BCUT2D eigenvalue weighted by molar-refractivity contribution is 5.80. The zero-order valence-electron chi connectivity index (χ0n) is 32.6. The molecule has 0 radical (unpaired) electrons. The Hall–Kier alpha value is -8.15. The fraction of sp³-hybridized carbons (Fsp3) is 0. The van der Waals surface area contributed by atoms with Gasteiger partial charge >= 0.3 is 0 Å². The van der Waals surface area contributed by atoms with Gasteiger partial charge in [0.1, 0.15) is 0 Å². The van der Waals surface area contributed by atoms with E-state index in [4.69, 9.17) is 24.9 Å². The van der Waals surface area contributed by atoms with Gasteiger partial charge < -0.3 is 0 Å². The maximum absolute atomic E-state index is 5.24. The van der Waals surface area contributed by atoms with Gasteiger partial charge in [-0.05, 0) is 63.7 Å². The summed E-state index contributed by atoms with van der Waals surface area (Å²) in [5.41, 5.74) is 14.1. The molecule has 0 unspecified atom stereocenters. The van der Waals surface area contributed by atoms with Crippen molar-refractivity contribution in [1.29, 1.82) is 0 Å². The summed E-state index contributed by atoms with van der Waals surface area (Å²) in [6.07, 6.45) is 0. The third kappa shape index (κ3) is 7.76. The second-order valence-corrected chi connectivity index (χ2v) is 14.6. The van der Waals surface area contributed by atoms with Gasteiger partial charge in [0.05, 0.1) is 11.4 Å². The SMILES string of the molecule is c1ccc(-c2cccc(-c3cccc(-c4nc(-c5ccccc5)cc(-c5cccc(-c6cccc(-c7nc(-c8ccccc8)nc(-c8ccccc8)n7)c6)c5)n4)c3)c2)cc1. The molecule has 10 rings (SSSR count). The van der Waals surface area contributed by atoms with Crippen LogP contribution in [0.15, 0.2) is 224 Å². The number of hydrogen-bond acceptors (Lipinski definition) is 5. The molecular formula is C55H37N5. The summed E-state index contributed by atoms with van der Waals surface area (Å²) < 4.78 is 0. The third-order valence-corrected chi connectivity index (χ3v) is 10.5. The average molecular weight is 768 g/mol. The molecule has 8 aromatic carbocycles. The molecular weight excluding hydrogens is 731 g/mol. The van der Waals surface area contributed by atoms with E-state index >= 15 is 0 Å². The molecule has 0 saturated carbocycles. The van der Waals surface area contributed by atoms with Crippen LogP contribution in [0.4, 0.5) is 0 Å². The van der Waals surface area contributed by atoms with Crippen molar-refractivity contribution in [3.8, 4) is 101 Å². The van der Waals surface area contributed by atoms with E-state index in [9.17, 15) is 0 Å². The van der Waals surface area contributed by atoms with Gasteiger partial charge in [-0.2, -0.15) is 0 Å². The Balaban J connectivity index is 1.03. The molecule has 2 heterocycles. The van der Waals surface area contributed by atoms with E-state index in [1.54, 1.807) is 0 Å². The Labute approximate surface area is 349 Å². The van der Waals surface area contributed by atoms with Gasteiger partial charge in [0.15, 0.2) is 23.3 Å². The van der Waals surface area contributed by atoms with Crippen molar-refractivity contribution < 1.29 is 0 Å². The Kier molecular flexibility index (Phi) is 9.88. The van der Waals surface area contributed by atoms with Crippen molar-refractivity contribution in [3.05, 3.63) is 224 Å². The summed E-state index contributed by atoms with van der Waals surface area (Å²) in [6, 6.07) is 77.1. The maximum Gasteiger partial charge on any atom is 0.164 e. The van der Waals surface area contributed by atoms with E-state index in [1.807, 2.05) is 84.9 Å². The van der Waals surface area contributed by atoms with Gasteiger partial charge in [-0.25, -0.2) is 24.9 Å². The fourth-order valence-corrected chi connectivity index (χ4v) is 7.46. The third-order valence-electron chi connectivity index (χ3n) is 10.5.